The van der Waals surface area contributed by atoms with Crippen LogP contribution in [0, 0.1) is 5.41 Å². The fraction of sp³-hybridized carbons (Fsp3) is 0.692. The Hall–Kier alpha value is -0.610. The van der Waals surface area contributed by atoms with Gasteiger partial charge >= 0.3 is 0 Å². The molecule has 18 heavy (non-hydrogen) atoms. The zero-order valence-electron chi connectivity index (χ0n) is 10.8. The summed E-state index contributed by atoms with van der Waals surface area (Å²) in [5, 5.41) is 5.90. The van der Waals surface area contributed by atoms with Gasteiger partial charge in [0.15, 0.2) is 0 Å². The van der Waals surface area contributed by atoms with E-state index in [4.69, 9.17) is 11.6 Å². The Bertz CT molecular complexity index is 430. The number of carbonyl (C=O) groups excluding carboxylic acids is 1. The van der Waals surface area contributed by atoms with Crippen molar-refractivity contribution in [1.29, 1.82) is 0 Å². The third-order valence-electron chi connectivity index (χ3n) is 3.64. The summed E-state index contributed by atoms with van der Waals surface area (Å²) in [6, 6.07) is 0.303. The van der Waals surface area contributed by atoms with E-state index in [9.17, 15) is 4.79 Å². The normalized spacial score (nSPS) is 22.1. The number of alkyl halides is 1. The van der Waals surface area contributed by atoms with Crippen molar-refractivity contribution in [2.75, 3.05) is 0 Å². The van der Waals surface area contributed by atoms with Crippen LogP contribution in [0.5, 0.6) is 0 Å². The second kappa shape index (κ2) is 5.57. The van der Waals surface area contributed by atoms with Crippen molar-refractivity contribution in [3.8, 4) is 0 Å². The van der Waals surface area contributed by atoms with Crippen LogP contribution in [0.1, 0.15) is 43.8 Å². The molecule has 1 aromatic rings. The van der Waals surface area contributed by atoms with Crippen LogP contribution in [-0.4, -0.2) is 16.9 Å². The highest BCUT2D eigenvalue weighted by Crippen LogP contribution is 2.37. The predicted octanol–water partition coefficient (Wildman–Crippen LogP) is 3.12. The van der Waals surface area contributed by atoms with Crippen molar-refractivity contribution in [3.63, 3.8) is 0 Å². The van der Waals surface area contributed by atoms with Crippen molar-refractivity contribution in [1.82, 2.24) is 10.3 Å². The Balaban J connectivity index is 1.89. The molecule has 1 N–H and O–H groups in total. The molecule has 0 saturated heterocycles. The first kappa shape index (κ1) is 13.8. The molecule has 1 fully saturated rings. The quantitative estimate of drug-likeness (QED) is 0.864. The first-order valence-corrected chi connectivity index (χ1v) is 7.71. The number of thiazole rings is 1. The number of rotatable bonds is 4. The molecule has 1 aliphatic rings. The minimum atomic E-state index is 0.0745. The molecule has 1 aromatic heterocycles. The minimum absolute atomic E-state index is 0.0745. The molecule has 0 aromatic carbocycles. The summed E-state index contributed by atoms with van der Waals surface area (Å²) in [5.41, 5.74) is 1.07. The summed E-state index contributed by atoms with van der Waals surface area (Å²) in [6.45, 7) is 4.44. The molecule has 3 nitrogen and oxygen atoms in total. The third kappa shape index (κ3) is 3.23. The topological polar surface area (TPSA) is 42.0 Å². The molecule has 5 heteroatoms. The van der Waals surface area contributed by atoms with Crippen LogP contribution in [0.4, 0.5) is 0 Å². The Morgan fingerprint density at radius 3 is 3.00 bits per heavy atom. The zero-order chi connectivity index (χ0) is 13.2. The molecule has 1 saturated carbocycles. The van der Waals surface area contributed by atoms with E-state index in [2.05, 4.69) is 24.1 Å². The summed E-state index contributed by atoms with van der Waals surface area (Å²) < 4.78 is 0. The fourth-order valence-corrected chi connectivity index (χ4v) is 3.49. The van der Waals surface area contributed by atoms with Gasteiger partial charge in [0.2, 0.25) is 5.91 Å². The minimum Gasteiger partial charge on any atom is -0.352 e. The van der Waals surface area contributed by atoms with Crippen molar-refractivity contribution in [2.24, 2.45) is 5.41 Å². The molecule has 1 aliphatic carbocycles. The molecule has 0 spiro atoms. The highest BCUT2D eigenvalue weighted by molar-refractivity contribution is 7.09. The van der Waals surface area contributed by atoms with Gasteiger partial charge in [-0.05, 0) is 18.3 Å². The van der Waals surface area contributed by atoms with Gasteiger partial charge in [0, 0.05) is 11.4 Å². The van der Waals surface area contributed by atoms with Gasteiger partial charge in [0.05, 0.1) is 18.0 Å². The lowest BCUT2D eigenvalue weighted by Crippen LogP contribution is -2.42. The highest BCUT2D eigenvalue weighted by Gasteiger charge is 2.35. The van der Waals surface area contributed by atoms with Crippen LogP contribution in [0.3, 0.4) is 0 Å². The molecule has 100 valence electrons. The van der Waals surface area contributed by atoms with E-state index in [1.165, 1.54) is 24.2 Å². The van der Waals surface area contributed by atoms with E-state index < -0.39 is 0 Å². The molecule has 1 heterocycles. The van der Waals surface area contributed by atoms with E-state index in [0.717, 1.165) is 17.1 Å². The molecule has 1 amide bonds. The first-order chi connectivity index (χ1) is 8.51. The van der Waals surface area contributed by atoms with E-state index >= 15 is 0 Å². The van der Waals surface area contributed by atoms with Gasteiger partial charge < -0.3 is 5.32 Å². The maximum absolute atomic E-state index is 12.0. The Labute approximate surface area is 117 Å². The number of nitrogens with zero attached hydrogens (tertiary/aromatic N) is 1. The van der Waals surface area contributed by atoms with Crippen LogP contribution >= 0.6 is 22.9 Å². The number of hydrogen-bond acceptors (Lipinski definition) is 3. The number of aromatic nitrogens is 1. The van der Waals surface area contributed by atoms with Gasteiger partial charge in [-0.25, -0.2) is 4.98 Å². The average molecular weight is 287 g/mol. The number of nitrogens with one attached hydrogen (secondary N) is 1. The number of halogens is 1. The summed E-state index contributed by atoms with van der Waals surface area (Å²) in [4.78, 5) is 16.3. The van der Waals surface area contributed by atoms with Gasteiger partial charge in [0.25, 0.3) is 0 Å². The van der Waals surface area contributed by atoms with Crippen LogP contribution in [0.2, 0.25) is 0 Å². The maximum atomic E-state index is 12.0. The number of hydrogen-bond donors (Lipinski definition) is 1. The van der Waals surface area contributed by atoms with Gasteiger partial charge in [-0.1, -0.05) is 20.3 Å². The Kier molecular flexibility index (Phi) is 4.28. The number of amides is 1. The largest absolute Gasteiger partial charge is 0.352 e. The van der Waals surface area contributed by atoms with Crippen molar-refractivity contribution in [2.45, 2.75) is 51.5 Å². The predicted molar refractivity (Wildman–Crippen MR) is 74.9 cm³/mol. The molecule has 0 aliphatic heterocycles. The lowest BCUT2D eigenvalue weighted by molar-refractivity contribution is -0.121. The lowest BCUT2D eigenvalue weighted by atomic mass is 9.87. The van der Waals surface area contributed by atoms with Crippen LogP contribution in [0.25, 0.3) is 0 Å². The fourth-order valence-electron chi connectivity index (χ4n) is 2.47. The summed E-state index contributed by atoms with van der Waals surface area (Å²) in [7, 11) is 0. The molecule has 1 unspecified atom stereocenters. The summed E-state index contributed by atoms with van der Waals surface area (Å²) in [6.07, 6.45) is 3.84. The average Bonchev–Trinajstić information content (AvgIpc) is 2.86. The van der Waals surface area contributed by atoms with Gasteiger partial charge in [-0.3, -0.25) is 4.79 Å². The summed E-state index contributed by atoms with van der Waals surface area (Å²) >= 11 is 7.20. The van der Waals surface area contributed by atoms with Gasteiger partial charge in [-0.15, -0.1) is 22.9 Å². The second-order valence-electron chi connectivity index (χ2n) is 5.54. The third-order valence-corrected chi connectivity index (χ3v) is 4.81. The molecule has 1 atom stereocenters. The monoisotopic (exact) mass is 286 g/mol. The standard InChI is InChI=1S/C13H19ClN2OS/c1-13(2)5-3-4-10(13)16-11(17)6-12-15-9(7-14)8-18-12/h8,10H,3-7H2,1-2H3,(H,16,17). The van der Waals surface area contributed by atoms with Crippen molar-refractivity contribution in [3.05, 3.63) is 16.1 Å². The van der Waals surface area contributed by atoms with Crippen LogP contribution in [-0.2, 0) is 17.1 Å². The molecular formula is C13H19ClN2OS. The van der Waals surface area contributed by atoms with E-state index in [0.29, 0.717) is 18.3 Å². The SMILES string of the molecule is CC1(C)CCCC1NC(=O)Cc1nc(CCl)cs1. The van der Waals surface area contributed by atoms with E-state index in [1.54, 1.807) is 0 Å². The van der Waals surface area contributed by atoms with Gasteiger partial charge in [-0.2, -0.15) is 0 Å². The van der Waals surface area contributed by atoms with Crippen LogP contribution in [0.15, 0.2) is 5.38 Å². The first-order valence-electron chi connectivity index (χ1n) is 6.30. The van der Waals surface area contributed by atoms with Crippen molar-refractivity contribution < 1.29 is 4.79 Å². The van der Waals surface area contributed by atoms with Crippen molar-refractivity contribution >= 4 is 28.8 Å². The molecular weight excluding hydrogens is 268 g/mol. The van der Waals surface area contributed by atoms with Crippen LogP contribution < -0.4 is 5.32 Å². The molecule has 0 bridgehead atoms. The zero-order valence-corrected chi connectivity index (χ0v) is 12.4. The second-order valence-corrected chi connectivity index (χ2v) is 6.75. The lowest BCUT2D eigenvalue weighted by Gasteiger charge is -2.27. The van der Waals surface area contributed by atoms with E-state index in [-0.39, 0.29) is 11.3 Å². The van der Waals surface area contributed by atoms with E-state index in [1.807, 2.05) is 5.38 Å². The summed E-state index contributed by atoms with van der Waals surface area (Å²) in [5.74, 6) is 0.485. The van der Waals surface area contributed by atoms with Gasteiger partial charge in [0.1, 0.15) is 5.01 Å². The molecule has 2 rings (SSSR count). The molecule has 0 radical (unpaired) electrons. The highest BCUT2D eigenvalue weighted by atomic mass is 35.5. The maximum Gasteiger partial charge on any atom is 0.227 e. The Morgan fingerprint density at radius 1 is 1.67 bits per heavy atom. The smallest absolute Gasteiger partial charge is 0.227 e. The number of carbonyl (C=O) groups is 1. The Morgan fingerprint density at radius 2 is 2.44 bits per heavy atom.